The van der Waals surface area contributed by atoms with E-state index in [1.807, 2.05) is 18.7 Å². The third-order valence-electron chi connectivity index (χ3n) is 8.44. The van der Waals surface area contributed by atoms with Crippen LogP contribution < -0.4 is 26.6 Å². The molecule has 0 aliphatic heterocycles. The minimum absolute atomic E-state index is 0.00690. The van der Waals surface area contributed by atoms with Gasteiger partial charge in [0.25, 0.3) is 5.91 Å². The number of hydrogen-bond acceptors (Lipinski definition) is 12. The van der Waals surface area contributed by atoms with Gasteiger partial charge >= 0.3 is 0 Å². The van der Waals surface area contributed by atoms with Crippen molar-refractivity contribution in [3.8, 4) is 5.75 Å². The van der Waals surface area contributed by atoms with E-state index in [1.165, 1.54) is 11.9 Å². The lowest BCUT2D eigenvalue weighted by atomic mass is 9.57. The molecule has 0 spiro atoms. The van der Waals surface area contributed by atoms with E-state index in [2.05, 4.69) is 16.0 Å². The fourth-order valence-corrected chi connectivity index (χ4v) is 6.49. The van der Waals surface area contributed by atoms with Crippen LogP contribution in [0.1, 0.15) is 31.4 Å². The Hall–Kier alpha value is -3.65. The smallest absolute Gasteiger partial charge is 0.258 e. The lowest BCUT2D eigenvalue weighted by Crippen LogP contribution is -2.65. The Morgan fingerprint density at radius 3 is 2.36 bits per heavy atom. The summed E-state index contributed by atoms with van der Waals surface area (Å²) < 4.78 is 0. The van der Waals surface area contributed by atoms with Crippen molar-refractivity contribution in [3.63, 3.8) is 0 Å². The molecular formula is C29H42N6O7. The number of likely N-dealkylation sites (N-methyl/N-ethyl adjacent to an activating group) is 2. The molecule has 1 saturated carbocycles. The number of nitrogens with zero attached hydrogens (tertiary/aromatic N) is 2. The van der Waals surface area contributed by atoms with Crippen LogP contribution in [0.4, 0.5) is 11.4 Å². The number of nitrogens with one attached hydrogen (secondary N) is 3. The number of benzene rings is 1. The summed E-state index contributed by atoms with van der Waals surface area (Å²) in [7, 11) is 8.06. The van der Waals surface area contributed by atoms with Crippen LogP contribution in [-0.4, -0.2) is 103 Å². The van der Waals surface area contributed by atoms with Crippen LogP contribution in [0.3, 0.4) is 0 Å². The number of carbonyl (C=O) groups excluding carboxylic acids is 3. The number of aliphatic hydroxyl groups is 3. The van der Waals surface area contributed by atoms with E-state index in [9.17, 15) is 34.8 Å². The van der Waals surface area contributed by atoms with Crippen molar-refractivity contribution in [1.29, 1.82) is 0 Å². The van der Waals surface area contributed by atoms with Crippen LogP contribution in [0.5, 0.6) is 5.75 Å². The molecule has 13 nitrogen and oxygen atoms in total. The molecule has 4 rings (SSSR count). The highest BCUT2D eigenvalue weighted by Gasteiger charge is 2.64. The Morgan fingerprint density at radius 1 is 1.17 bits per heavy atom. The summed E-state index contributed by atoms with van der Waals surface area (Å²) in [6.07, 6.45) is -0.492. The molecular weight excluding hydrogens is 544 g/mol. The number of amides is 1. The number of phenolic OH excluding ortho intramolecular Hbond substituents is 1. The fraction of sp³-hybridized carbons (Fsp3) is 0.552. The summed E-state index contributed by atoms with van der Waals surface area (Å²) in [5.74, 6) is -6.02. The molecule has 3 aliphatic carbocycles. The van der Waals surface area contributed by atoms with Crippen LogP contribution >= 0.6 is 0 Å². The summed E-state index contributed by atoms with van der Waals surface area (Å²) in [6.45, 7) is 4.65. The quantitative estimate of drug-likeness (QED) is 0.117. The maximum atomic E-state index is 14.2. The number of rotatable bonds is 8. The predicted octanol–water partition coefficient (Wildman–Crippen LogP) is 0.191. The molecule has 5 atom stereocenters. The van der Waals surface area contributed by atoms with Gasteiger partial charge in [-0.25, -0.2) is 0 Å². The van der Waals surface area contributed by atoms with Crippen LogP contribution in [0, 0.1) is 17.8 Å². The van der Waals surface area contributed by atoms with E-state index in [0.29, 0.717) is 23.7 Å². The number of ketones is 2. The van der Waals surface area contributed by atoms with Crippen molar-refractivity contribution < 1.29 is 34.8 Å². The average molecular weight is 587 g/mol. The van der Waals surface area contributed by atoms with Gasteiger partial charge in [0.05, 0.1) is 17.3 Å². The fourth-order valence-electron chi connectivity index (χ4n) is 6.49. The zero-order valence-corrected chi connectivity index (χ0v) is 25.1. The SMILES string of the molecule is CNC(=O)C1=C(O)[C@@]2(O)C(=O)C3=C(O)c4c(O)c(NC(N)NCC(C)C)cc(N(C)C)c4C[C@H]3C[C@H]2[C@H](N(C)C)C1=O. The Balaban J connectivity index is 1.91. The molecule has 1 aromatic rings. The molecule has 0 saturated heterocycles. The van der Waals surface area contributed by atoms with Gasteiger partial charge < -0.3 is 36.0 Å². The number of aromatic hydroxyl groups is 1. The lowest BCUT2D eigenvalue weighted by Gasteiger charge is -2.50. The number of nitrogens with two attached hydrogens (primary N) is 1. The zero-order chi connectivity index (χ0) is 31.4. The maximum absolute atomic E-state index is 14.2. The van der Waals surface area contributed by atoms with Gasteiger partial charge in [0.1, 0.15) is 29.1 Å². The number of anilines is 2. The molecule has 0 heterocycles. The monoisotopic (exact) mass is 586 g/mol. The van der Waals surface area contributed by atoms with E-state index in [0.717, 1.165) is 0 Å². The first-order valence-electron chi connectivity index (χ1n) is 14.0. The van der Waals surface area contributed by atoms with E-state index in [-0.39, 0.29) is 35.4 Å². The van der Waals surface area contributed by atoms with Crippen molar-refractivity contribution in [3.05, 3.63) is 34.1 Å². The first kappa shape index (κ1) is 31.3. The van der Waals surface area contributed by atoms with Crippen LogP contribution in [0.25, 0.3) is 5.76 Å². The molecule has 13 heteroatoms. The molecule has 230 valence electrons. The van der Waals surface area contributed by atoms with Gasteiger partial charge in [0, 0.05) is 44.9 Å². The summed E-state index contributed by atoms with van der Waals surface area (Å²) in [5.41, 5.74) is 4.10. The zero-order valence-electron chi connectivity index (χ0n) is 25.1. The summed E-state index contributed by atoms with van der Waals surface area (Å²) in [6, 6.07) is 0.613. The largest absolute Gasteiger partial charge is 0.508 e. The standard InChI is InChI=1S/C29H42N6O7/c1-12(2)11-32-28(30)33-16-10-17(34(4)5)14-8-13-9-15-21(35(6)7)24(38)20(27(41)31-3)26(40)29(15,42)25(39)18(13)23(37)19(14)22(16)36/h10,12-13,15,21,28,32-33,36-37,40,42H,8-9,11,30H2,1-7H3,(H,31,41)/t13-,15-,21-,28?,29-/m0/s1. The first-order chi connectivity index (χ1) is 19.6. The van der Waals surface area contributed by atoms with Crippen molar-refractivity contribution in [2.24, 2.45) is 23.5 Å². The highest BCUT2D eigenvalue weighted by Crippen LogP contribution is 2.54. The van der Waals surface area contributed by atoms with E-state index < -0.39 is 64.3 Å². The van der Waals surface area contributed by atoms with E-state index in [4.69, 9.17) is 5.73 Å². The average Bonchev–Trinajstić information content (AvgIpc) is 2.90. The van der Waals surface area contributed by atoms with E-state index in [1.54, 1.807) is 34.3 Å². The minimum atomic E-state index is -2.65. The van der Waals surface area contributed by atoms with Crippen LogP contribution in [0.2, 0.25) is 0 Å². The maximum Gasteiger partial charge on any atom is 0.258 e. The second-order valence-corrected chi connectivity index (χ2v) is 12.1. The number of carbonyl (C=O) groups is 3. The van der Waals surface area contributed by atoms with Gasteiger partial charge in [0.2, 0.25) is 5.78 Å². The van der Waals surface area contributed by atoms with Crippen LogP contribution in [0.15, 0.2) is 23.0 Å². The van der Waals surface area contributed by atoms with Crippen LogP contribution in [-0.2, 0) is 20.8 Å². The Bertz CT molecular complexity index is 1380. The van der Waals surface area contributed by atoms with Gasteiger partial charge in [-0.3, -0.25) is 30.3 Å². The molecule has 1 amide bonds. The number of aliphatic hydroxyl groups excluding tert-OH is 2. The predicted molar refractivity (Wildman–Crippen MR) is 158 cm³/mol. The molecule has 0 aromatic heterocycles. The van der Waals surface area contributed by atoms with E-state index >= 15 is 0 Å². The normalized spacial score (nSPS) is 26.2. The molecule has 3 aliphatic rings. The molecule has 1 fully saturated rings. The van der Waals surface area contributed by atoms with Gasteiger partial charge in [0.15, 0.2) is 11.4 Å². The molecule has 9 N–H and O–H groups in total. The Morgan fingerprint density at radius 2 is 1.81 bits per heavy atom. The highest BCUT2D eigenvalue weighted by molar-refractivity contribution is 6.25. The molecule has 1 aromatic carbocycles. The Kier molecular flexibility index (Phi) is 8.35. The topological polar surface area (TPSA) is 201 Å². The van der Waals surface area contributed by atoms with Crippen molar-refractivity contribution in [2.75, 3.05) is 52.0 Å². The number of Topliss-reactive ketones (excluding diaryl/α,β-unsaturated/α-hetero) is 2. The third-order valence-corrected chi connectivity index (χ3v) is 8.44. The summed E-state index contributed by atoms with van der Waals surface area (Å²) in [5, 5.41) is 54.5. The van der Waals surface area contributed by atoms with Gasteiger partial charge in [-0.05, 0) is 50.4 Å². The van der Waals surface area contributed by atoms with Gasteiger partial charge in [-0.2, -0.15) is 0 Å². The first-order valence-corrected chi connectivity index (χ1v) is 14.0. The molecule has 0 radical (unpaired) electrons. The minimum Gasteiger partial charge on any atom is -0.508 e. The van der Waals surface area contributed by atoms with Crippen molar-refractivity contribution in [2.45, 2.75) is 44.6 Å². The summed E-state index contributed by atoms with van der Waals surface area (Å²) in [4.78, 5) is 43.6. The number of fused-ring (bicyclic) bond motifs is 3. The molecule has 42 heavy (non-hydrogen) atoms. The lowest BCUT2D eigenvalue weighted by molar-refractivity contribution is -0.153. The third kappa shape index (κ3) is 4.79. The van der Waals surface area contributed by atoms with Gasteiger partial charge in [-0.1, -0.05) is 13.8 Å². The molecule has 1 unspecified atom stereocenters. The van der Waals surface area contributed by atoms with Crippen molar-refractivity contribution >= 4 is 34.6 Å². The second-order valence-electron chi connectivity index (χ2n) is 12.1. The number of phenols is 1. The Labute approximate surface area is 245 Å². The highest BCUT2D eigenvalue weighted by atomic mass is 16.3. The number of hydrogen-bond donors (Lipinski definition) is 8. The second kappa shape index (κ2) is 11.2. The van der Waals surface area contributed by atoms with Crippen molar-refractivity contribution in [1.82, 2.24) is 15.5 Å². The van der Waals surface area contributed by atoms with Gasteiger partial charge in [-0.15, -0.1) is 0 Å². The summed E-state index contributed by atoms with van der Waals surface area (Å²) >= 11 is 0. The molecule has 0 bridgehead atoms.